The van der Waals surface area contributed by atoms with Gasteiger partial charge in [-0.05, 0) is 54.1 Å². The Labute approximate surface area is 199 Å². The first-order valence-corrected chi connectivity index (χ1v) is 12.1. The summed E-state index contributed by atoms with van der Waals surface area (Å²) in [7, 11) is -2.15. The molecule has 2 amide bonds. The first-order chi connectivity index (χ1) is 16.5. The normalized spacial score (nSPS) is 11.4. The monoisotopic (exact) mass is 498 g/mol. The van der Waals surface area contributed by atoms with Gasteiger partial charge in [0.2, 0.25) is 10.0 Å². The molecule has 0 spiro atoms. The highest BCUT2D eigenvalue weighted by atomic mass is 32.2. The molecule has 8 nitrogen and oxygen atoms in total. The maximum atomic E-state index is 14.6. The van der Waals surface area contributed by atoms with Crippen LogP contribution in [0, 0.1) is 11.6 Å². The Kier molecular flexibility index (Phi) is 6.03. The van der Waals surface area contributed by atoms with E-state index in [-0.39, 0.29) is 33.8 Å². The van der Waals surface area contributed by atoms with E-state index < -0.39 is 33.5 Å². The van der Waals surface area contributed by atoms with E-state index in [1.165, 1.54) is 54.1 Å². The summed E-state index contributed by atoms with van der Waals surface area (Å²) in [6, 6.07) is 13.7. The number of aromatic nitrogens is 1. The van der Waals surface area contributed by atoms with Crippen LogP contribution in [-0.2, 0) is 10.0 Å². The van der Waals surface area contributed by atoms with Crippen LogP contribution in [0.25, 0.3) is 27.7 Å². The average Bonchev–Trinajstić information content (AvgIpc) is 3.16. The smallest absolute Gasteiger partial charge is 0.265 e. The van der Waals surface area contributed by atoms with E-state index in [0.29, 0.717) is 10.9 Å². The zero-order chi connectivity index (χ0) is 25.5. The van der Waals surface area contributed by atoms with Gasteiger partial charge in [0.25, 0.3) is 11.8 Å². The van der Waals surface area contributed by atoms with Crippen molar-refractivity contribution < 1.29 is 26.8 Å². The number of hydrogen-bond donors (Lipinski definition) is 3. The van der Waals surface area contributed by atoms with Crippen molar-refractivity contribution in [1.82, 2.24) is 9.88 Å². The Morgan fingerprint density at radius 1 is 0.971 bits per heavy atom. The second-order valence-electron chi connectivity index (χ2n) is 7.85. The number of halogens is 2. The van der Waals surface area contributed by atoms with E-state index in [0.717, 1.165) is 18.4 Å². The highest BCUT2D eigenvalue weighted by Gasteiger charge is 2.19. The Morgan fingerprint density at radius 2 is 1.71 bits per heavy atom. The number of amides is 2. The molecule has 180 valence electrons. The summed E-state index contributed by atoms with van der Waals surface area (Å²) in [6.45, 7) is 0. The number of hydrogen-bond acceptors (Lipinski definition) is 4. The molecule has 0 fully saturated rings. The molecule has 0 atom stereocenters. The summed E-state index contributed by atoms with van der Waals surface area (Å²) < 4.78 is 55.4. The Hall–Kier alpha value is -4.25. The van der Waals surface area contributed by atoms with Crippen molar-refractivity contribution in [2.24, 2.45) is 5.73 Å². The van der Waals surface area contributed by atoms with E-state index in [2.05, 4.69) is 10.0 Å². The quantitative estimate of drug-likeness (QED) is 0.377. The van der Waals surface area contributed by atoms with Crippen molar-refractivity contribution in [3.05, 3.63) is 83.6 Å². The van der Waals surface area contributed by atoms with Crippen molar-refractivity contribution in [3.8, 4) is 16.8 Å². The molecule has 0 saturated heterocycles. The summed E-state index contributed by atoms with van der Waals surface area (Å²) in [5.41, 5.74) is 7.03. The molecule has 0 aliphatic rings. The number of nitrogens with two attached hydrogens (primary N) is 1. The van der Waals surface area contributed by atoms with Gasteiger partial charge in [0, 0.05) is 35.3 Å². The third kappa shape index (κ3) is 4.85. The molecule has 4 aromatic rings. The number of fused-ring (bicyclic) bond motifs is 1. The fraction of sp³-hybridized carbons (Fsp3) is 0.0833. The van der Waals surface area contributed by atoms with E-state index in [1.54, 1.807) is 6.07 Å². The second kappa shape index (κ2) is 8.84. The van der Waals surface area contributed by atoms with Crippen LogP contribution in [0.4, 0.5) is 14.5 Å². The number of benzene rings is 3. The Morgan fingerprint density at radius 3 is 2.34 bits per heavy atom. The third-order valence-electron chi connectivity index (χ3n) is 5.27. The lowest BCUT2D eigenvalue weighted by atomic mass is 10.0. The number of primary amides is 1. The second-order valence-corrected chi connectivity index (χ2v) is 9.60. The maximum Gasteiger partial charge on any atom is 0.265 e. The van der Waals surface area contributed by atoms with Crippen LogP contribution in [-0.4, -0.2) is 38.1 Å². The van der Waals surface area contributed by atoms with Crippen LogP contribution in [0.5, 0.6) is 0 Å². The highest BCUT2D eigenvalue weighted by molar-refractivity contribution is 7.92. The van der Waals surface area contributed by atoms with Gasteiger partial charge < -0.3 is 15.6 Å². The van der Waals surface area contributed by atoms with Crippen molar-refractivity contribution >= 4 is 38.4 Å². The molecule has 0 aliphatic heterocycles. The van der Waals surface area contributed by atoms with Gasteiger partial charge in [0.15, 0.2) is 0 Å². The molecule has 0 saturated carbocycles. The minimum atomic E-state index is -3.58. The van der Waals surface area contributed by atoms with Crippen molar-refractivity contribution in [2.75, 3.05) is 18.0 Å². The summed E-state index contributed by atoms with van der Waals surface area (Å²) in [4.78, 5) is 24.8. The molecule has 11 heteroatoms. The fourth-order valence-corrected chi connectivity index (χ4v) is 4.39. The molecular formula is C24H20F2N4O4S. The molecule has 0 aliphatic carbocycles. The third-order valence-corrected chi connectivity index (χ3v) is 5.87. The van der Waals surface area contributed by atoms with Gasteiger partial charge in [-0.25, -0.2) is 17.2 Å². The van der Waals surface area contributed by atoms with Gasteiger partial charge in [-0.3, -0.25) is 14.3 Å². The largest absolute Gasteiger partial charge is 0.364 e. The molecule has 4 rings (SSSR count). The highest BCUT2D eigenvalue weighted by Crippen LogP contribution is 2.32. The number of anilines is 1. The fourth-order valence-electron chi connectivity index (χ4n) is 3.83. The predicted molar refractivity (Wildman–Crippen MR) is 129 cm³/mol. The van der Waals surface area contributed by atoms with Crippen molar-refractivity contribution in [3.63, 3.8) is 0 Å². The van der Waals surface area contributed by atoms with Crippen molar-refractivity contribution in [1.29, 1.82) is 0 Å². The molecule has 1 heterocycles. The lowest BCUT2D eigenvalue weighted by Crippen LogP contribution is -2.19. The lowest BCUT2D eigenvalue weighted by molar-refractivity contribution is 0.0961. The molecule has 3 aromatic carbocycles. The number of carbonyl (C=O) groups excluding carboxylic acids is 2. The maximum absolute atomic E-state index is 14.6. The topological polar surface area (TPSA) is 123 Å². The summed E-state index contributed by atoms with van der Waals surface area (Å²) in [5.74, 6) is -2.85. The van der Waals surface area contributed by atoms with Crippen LogP contribution in [0.15, 0.2) is 60.7 Å². The van der Waals surface area contributed by atoms with E-state index in [1.807, 2.05) is 0 Å². The van der Waals surface area contributed by atoms with Crippen molar-refractivity contribution in [2.45, 2.75) is 0 Å². The van der Waals surface area contributed by atoms with Crippen LogP contribution >= 0.6 is 0 Å². The number of carbonyl (C=O) groups is 2. The predicted octanol–water partition coefficient (Wildman–Crippen LogP) is 3.41. The Balaban J connectivity index is 2.03. The number of sulfonamides is 1. The molecule has 1 aromatic heterocycles. The summed E-state index contributed by atoms with van der Waals surface area (Å²) in [6.07, 6.45) is 1.00. The zero-order valence-electron chi connectivity index (χ0n) is 18.6. The van der Waals surface area contributed by atoms with Crippen LogP contribution in [0.1, 0.15) is 20.8 Å². The first kappa shape index (κ1) is 23.9. The summed E-state index contributed by atoms with van der Waals surface area (Å²) >= 11 is 0. The first-order valence-electron chi connectivity index (χ1n) is 10.2. The molecule has 0 bridgehead atoms. The average molecular weight is 499 g/mol. The number of rotatable bonds is 6. The van der Waals surface area contributed by atoms with E-state index >= 15 is 0 Å². The van der Waals surface area contributed by atoms with Gasteiger partial charge in [-0.1, -0.05) is 6.07 Å². The molecule has 0 unspecified atom stereocenters. The van der Waals surface area contributed by atoms with E-state index in [9.17, 15) is 26.8 Å². The zero-order valence-corrected chi connectivity index (χ0v) is 19.4. The molecule has 35 heavy (non-hydrogen) atoms. The van der Waals surface area contributed by atoms with Crippen LogP contribution in [0.2, 0.25) is 0 Å². The van der Waals surface area contributed by atoms with Crippen LogP contribution < -0.4 is 15.8 Å². The van der Waals surface area contributed by atoms with Gasteiger partial charge >= 0.3 is 0 Å². The lowest BCUT2D eigenvalue weighted by Gasteiger charge is -2.15. The number of nitrogens with one attached hydrogen (secondary N) is 2. The Bertz CT molecular complexity index is 1610. The van der Waals surface area contributed by atoms with Gasteiger partial charge in [0.1, 0.15) is 17.3 Å². The SMILES string of the molecule is CNC(=O)c1cc(-c2ccc(F)cc2F)cc(-n2c(C(N)=O)cc3ccc(NS(C)(=O)=O)cc32)c1. The van der Waals surface area contributed by atoms with Gasteiger partial charge in [-0.2, -0.15) is 0 Å². The van der Waals surface area contributed by atoms with Crippen LogP contribution in [0.3, 0.4) is 0 Å². The number of nitrogens with zero attached hydrogens (tertiary/aromatic N) is 1. The molecular weight excluding hydrogens is 478 g/mol. The summed E-state index contributed by atoms with van der Waals surface area (Å²) in [5, 5.41) is 3.06. The minimum absolute atomic E-state index is 0.0370. The van der Waals surface area contributed by atoms with Gasteiger partial charge in [0.05, 0.1) is 17.5 Å². The van der Waals surface area contributed by atoms with E-state index in [4.69, 9.17) is 5.73 Å². The van der Waals surface area contributed by atoms with Gasteiger partial charge in [-0.15, -0.1) is 0 Å². The minimum Gasteiger partial charge on any atom is -0.364 e. The standard InChI is InChI=1S/C24H20F2N4O4S/c1-28-24(32)15-7-14(19-6-4-16(25)11-20(19)26)8-18(9-15)30-21-12-17(29-35(2,33)34)5-3-13(21)10-22(30)23(27)31/h3-12,29H,1-2H3,(H2,27,31)(H,28,32). The molecule has 0 radical (unpaired) electrons. The molecule has 4 N–H and O–H groups in total.